The highest BCUT2D eigenvalue weighted by atomic mass is 16.4. The van der Waals surface area contributed by atoms with Crippen LogP contribution in [0.3, 0.4) is 0 Å². The van der Waals surface area contributed by atoms with E-state index in [0.29, 0.717) is 11.4 Å². The van der Waals surface area contributed by atoms with Crippen LogP contribution in [0.15, 0.2) is 60.7 Å². The predicted molar refractivity (Wildman–Crippen MR) is 83.1 cm³/mol. The molecule has 0 bridgehead atoms. The highest BCUT2D eigenvalue weighted by molar-refractivity contribution is 6.33. The minimum atomic E-state index is -1.47. The summed E-state index contributed by atoms with van der Waals surface area (Å²) in [5.41, 5.74) is 2.56. The number of aliphatic carboxylic acids is 1. The Balaban J connectivity index is 2.13. The van der Waals surface area contributed by atoms with Gasteiger partial charge in [0.1, 0.15) is 0 Å². The number of nitrogens with zero attached hydrogens (tertiary/aromatic N) is 3. The van der Waals surface area contributed by atoms with Crippen molar-refractivity contribution in [2.75, 3.05) is 0 Å². The highest BCUT2D eigenvalue weighted by Crippen LogP contribution is 2.25. The maximum Gasteiger partial charge on any atom is 0.372 e. The maximum atomic E-state index is 11.6. The molecule has 1 heterocycles. The molecule has 0 saturated heterocycles. The van der Waals surface area contributed by atoms with Gasteiger partial charge in [-0.25, -0.2) is 9.48 Å². The van der Waals surface area contributed by atoms with Crippen molar-refractivity contribution < 1.29 is 14.7 Å². The molecular formula is C17H13N3O3. The van der Waals surface area contributed by atoms with E-state index in [1.165, 1.54) is 0 Å². The number of carbonyl (C=O) groups is 2. The Labute approximate surface area is 132 Å². The van der Waals surface area contributed by atoms with Crippen LogP contribution in [0.4, 0.5) is 0 Å². The number of carboxylic acid groups (broad SMARTS) is 1. The van der Waals surface area contributed by atoms with Crippen molar-refractivity contribution in [2.24, 2.45) is 0 Å². The standard InChI is InChI=1S/C17H13N3O3/c21-15(17(22)23)11-14-16(12-7-3-1-4-8-12)20(19-18-14)13-9-5-2-6-10-13/h1-10H,11H2,(H,22,23). The smallest absolute Gasteiger partial charge is 0.372 e. The summed E-state index contributed by atoms with van der Waals surface area (Å²) >= 11 is 0. The van der Waals surface area contributed by atoms with E-state index >= 15 is 0 Å². The van der Waals surface area contributed by atoms with Gasteiger partial charge in [0, 0.05) is 5.56 Å². The molecule has 3 aromatic rings. The van der Waals surface area contributed by atoms with Crippen LogP contribution in [0.5, 0.6) is 0 Å². The molecule has 0 atom stereocenters. The molecule has 0 aliphatic rings. The van der Waals surface area contributed by atoms with E-state index in [4.69, 9.17) is 5.11 Å². The minimum Gasteiger partial charge on any atom is -0.475 e. The van der Waals surface area contributed by atoms with Crippen LogP contribution >= 0.6 is 0 Å². The second-order valence-electron chi connectivity index (χ2n) is 4.90. The van der Waals surface area contributed by atoms with Gasteiger partial charge in [-0.05, 0) is 12.1 Å². The van der Waals surface area contributed by atoms with Gasteiger partial charge in [-0.1, -0.05) is 53.7 Å². The summed E-state index contributed by atoms with van der Waals surface area (Å²) < 4.78 is 1.61. The average Bonchev–Trinajstić information content (AvgIpc) is 3.00. The van der Waals surface area contributed by atoms with Crippen LogP contribution < -0.4 is 0 Å². The third-order valence-electron chi connectivity index (χ3n) is 3.35. The summed E-state index contributed by atoms with van der Waals surface area (Å²) in [6.45, 7) is 0. The molecule has 6 heteroatoms. The zero-order valence-electron chi connectivity index (χ0n) is 12.1. The molecule has 0 amide bonds. The molecule has 0 unspecified atom stereocenters. The van der Waals surface area contributed by atoms with Crippen LogP contribution in [0.25, 0.3) is 16.9 Å². The van der Waals surface area contributed by atoms with E-state index in [9.17, 15) is 9.59 Å². The Morgan fingerprint density at radius 3 is 2.17 bits per heavy atom. The van der Waals surface area contributed by atoms with Crippen LogP contribution in [-0.4, -0.2) is 31.9 Å². The Morgan fingerprint density at radius 1 is 0.957 bits per heavy atom. The van der Waals surface area contributed by atoms with Crippen molar-refractivity contribution >= 4 is 11.8 Å². The minimum absolute atomic E-state index is 0.299. The molecule has 114 valence electrons. The quantitative estimate of drug-likeness (QED) is 0.730. The topological polar surface area (TPSA) is 85.1 Å². The largest absolute Gasteiger partial charge is 0.475 e. The number of hydrogen-bond acceptors (Lipinski definition) is 4. The Bertz CT molecular complexity index is 842. The second kappa shape index (κ2) is 6.23. The highest BCUT2D eigenvalue weighted by Gasteiger charge is 2.21. The van der Waals surface area contributed by atoms with Crippen LogP contribution in [-0.2, 0) is 16.0 Å². The molecule has 0 saturated carbocycles. The Kier molecular flexibility index (Phi) is 3.97. The lowest BCUT2D eigenvalue weighted by atomic mass is 10.1. The first-order valence-corrected chi connectivity index (χ1v) is 6.98. The fourth-order valence-electron chi connectivity index (χ4n) is 2.29. The number of benzene rings is 2. The number of hydrogen-bond donors (Lipinski definition) is 1. The molecule has 6 nitrogen and oxygen atoms in total. The van der Waals surface area contributed by atoms with Crippen molar-refractivity contribution in [3.05, 3.63) is 66.4 Å². The number of rotatable bonds is 5. The van der Waals surface area contributed by atoms with E-state index < -0.39 is 11.8 Å². The van der Waals surface area contributed by atoms with Gasteiger partial charge >= 0.3 is 5.97 Å². The van der Waals surface area contributed by atoms with Gasteiger partial charge in [0.05, 0.1) is 23.5 Å². The molecular weight excluding hydrogens is 294 g/mol. The van der Waals surface area contributed by atoms with Crippen molar-refractivity contribution in [1.82, 2.24) is 15.0 Å². The van der Waals surface area contributed by atoms with Gasteiger partial charge in [0.2, 0.25) is 5.78 Å². The number of carbonyl (C=O) groups excluding carboxylic acids is 1. The van der Waals surface area contributed by atoms with Gasteiger partial charge in [-0.3, -0.25) is 4.79 Å². The molecule has 23 heavy (non-hydrogen) atoms. The molecule has 0 fully saturated rings. The fraction of sp³-hybridized carbons (Fsp3) is 0.0588. The Morgan fingerprint density at radius 2 is 1.57 bits per heavy atom. The summed E-state index contributed by atoms with van der Waals surface area (Å²) in [5, 5.41) is 16.9. The van der Waals surface area contributed by atoms with Crippen molar-refractivity contribution in [2.45, 2.75) is 6.42 Å². The van der Waals surface area contributed by atoms with Gasteiger partial charge in [-0.2, -0.15) is 0 Å². The fourth-order valence-corrected chi connectivity index (χ4v) is 2.29. The number of para-hydroxylation sites is 1. The normalized spacial score (nSPS) is 10.4. The summed E-state index contributed by atoms with van der Waals surface area (Å²) in [5.74, 6) is -2.39. The van der Waals surface area contributed by atoms with Gasteiger partial charge < -0.3 is 5.11 Å². The maximum absolute atomic E-state index is 11.6. The van der Waals surface area contributed by atoms with Crippen molar-refractivity contribution in [1.29, 1.82) is 0 Å². The summed E-state index contributed by atoms with van der Waals surface area (Å²) in [7, 11) is 0. The second-order valence-corrected chi connectivity index (χ2v) is 4.90. The van der Waals surface area contributed by atoms with E-state index in [0.717, 1.165) is 11.3 Å². The average molecular weight is 307 g/mol. The molecule has 0 aliphatic carbocycles. The van der Waals surface area contributed by atoms with Gasteiger partial charge in [0.15, 0.2) is 0 Å². The van der Waals surface area contributed by atoms with Crippen molar-refractivity contribution in [3.8, 4) is 16.9 Å². The predicted octanol–water partition coefficient (Wildman–Crippen LogP) is 2.13. The lowest BCUT2D eigenvalue weighted by Crippen LogP contribution is -2.16. The molecule has 1 aromatic heterocycles. The SMILES string of the molecule is O=C(O)C(=O)Cc1nnn(-c2ccccc2)c1-c1ccccc1. The van der Waals surface area contributed by atoms with E-state index in [1.807, 2.05) is 60.7 Å². The molecule has 1 N–H and O–H groups in total. The number of ketones is 1. The van der Waals surface area contributed by atoms with Crippen molar-refractivity contribution in [3.63, 3.8) is 0 Å². The van der Waals surface area contributed by atoms with E-state index in [-0.39, 0.29) is 6.42 Å². The van der Waals surface area contributed by atoms with Crippen LogP contribution in [0, 0.1) is 0 Å². The zero-order chi connectivity index (χ0) is 16.2. The van der Waals surface area contributed by atoms with Gasteiger partial charge in [0.25, 0.3) is 0 Å². The lowest BCUT2D eigenvalue weighted by molar-refractivity contribution is -0.148. The van der Waals surface area contributed by atoms with Gasteiger partial charge in [-0.15, -0.1) is 5.10 Å². The third-order valence-corrected chi connectivity index (χ3v) is 3.35. The van der Waals surface area contributed by atoms with Crippen LogP contribution in [0.2, 0.25) is 0 Å². The molecule has 3 rings (SSSR count). The van der Waals surface area contributed by atoms with E-state index in [1.54, 1.807) is 4.68 Å². The number of Topliss-reactive ketones (excluding diaryl/α,β-unsaturated/α-hetero) is 1. The Hall–Kier alpha value is -3.28. The van der Waals surface area contributed by atoms with Crippen LogP contribution in [0.1, 0.15) is 5.69 Å². The molecule has 0 radical (unpaired) electrons. The monoisotopic (exact) mass is 307 g/mol. The summed E-state index contributed by atoms with van der Waals surface area (Å²) in [6, 6.07) is 18.7. The first-order chi connectivity index (χ1) is 11.2. The zero-order valence-corrected chi connectivity index (χ0v) is 12.1. The van der Waals surface area contributed by atoms with E-state index in [2.05, 4.69) is 10.3 Å². The first kappa shape index (κ1) is 14.6. The molecule has 0 spiro atoms. The third kappa shape index (κ3) is 3.01. The summed E-state index contributed by atoms with van der Waals surface area (Å²) in [4.78, 5) is 22.4. The number of aromatic nitrogens is 3. The summed E-state index contributed by atoms with van der Waals surface area (Å²) in [6.07, 6.45) is -0.299. The number of carboxylic acids is 1. The molecule has 0 aliphatic heterocycles. The first-order valence-electron chi connectivity index (χ1n) is 6.98. The molecule has 2 aromatic carbocycles. The lowest BCUT2D eigenvalue weighted by Gasteiger charge is -2.08.